The Hall–Kier alpha value is -1.92. The SMILES string of the molecule is CCC(C)NC(=O)C(C1CCCC1)N1CCN(C(=O)COCc2ccccc2)CC1. The highest BCUT2D eigenvalue weighted by molar-refractivity contribution is 5.82. The summed E-state index contributed by atoms with van der Waals surface area (Å²) in [4.78, 5) is 29.8. The Kier molecular flexibility index (Phi) is 8.70. The molecular weight excluding hydrogens is 378 g/mol. The third-order valence-electron chi connectivity index (χ3n) is 6.51. The van der Waals surface area contributed by atoms with Gasteiger partial charge in [-0.25, -0.2) is 0 Å². The number of hydrogen-bond donors (Lipinski definition) is 1. The first kappa shape index (κ1) is 22.8. The topological polar surface area (TPSA) is 61.9 Å². The molecule has 1 aliphatic heterocycles. The highest BCUT2D eigenvalue weighted by atomic mass is 16.5. The molecule has 2 unspecified atom stereocenters. The summed E-state index contributed by atoms with van der Waals surface area (Å²) in [5.74, 6) is 0.639. The number of carbonyl (C=O) groups is 2. The van der Waals surface area contributed by atoms with E-state index in [0.29, 0.717) is 25.6 Å². The van der Waals surface area contributed by atoms with Gasteiger partial charge in [0.25, 0.3) is 0 Å². The minimum Gasteiger partial charge on any atom is -0.367 e. The normalized spacial score (nSPS) is 20.1. The van der Waals surface area contributed by atoms with Crippen molar-refractivity contribution in [1.82, 2.24) is 15.1 Å². The van der Waals surface area contributed by atoms with Crippen LogP contribution in [-0.4, -0.2) is 66.5 Å². The summed E-state index contributed by atoms with van der Waals surface area (Å²) in [6.07, 6.45) is 5.63. The number of rotatable bonds is 9. The molecular formula is C24H37N3O3. The van der Waals surface area contributed by atoms with Gasteiger partial charge in [0.15, 0.2) is 0 Å². The van der Waals surface area contributed by atoms with Gasteiger partial charge in [-0.15, -0.1) is 0 Å². The molecule has 3 rings (SSSR count). The van der Waals surface area contributed by atoms with Crippen LogP contribution in [0.25, 0.3) is 0 Å². The summed E-state index contributed by atoms with van der Waals surface area (Å²) < 4.78 is 5.62. The fraction of sp³-hybridized carbons (Fsp3) is 0.667. The van der Waals surface area contributed by atoms with Crippen LogP contribution in [0.3, 0.4) is 0 Å². The Morgan fingerprint density at radius 3 is 2.40 bits per heavy atom. The minimum absolute atomic E-state index is 0.0343. The Morgan fingerprint density at radius 1 is 1.10 bits per heavy atom. The first-order valence-corrected chi connectivity index (χ1v) is 11.5. The standard InChI is InChI=1S/C24H37N3O3/c1-3-19(2)25-24(29)23(21-11-7-8-12-21)27-15-13-26(14-16-27)22(28)18-30-17-20-9-5-4-6-10-20/h4-6,9-10,19,21,23H,3,7-8,11-18H2,1-2H3,(H,25,29). The van der Waals surface area contributed by atoms with Crippen LogP contribution in [0.2, 0.25) is 0 Å². The molecule has 1 aromatic rings. The number of ether oxygens (including phenoxy) is 1. The van der Waals surface area contributed by atoms with Crippen molar-refractivity contribution >= 4 is 11.8 Å². The molecule has 1 saturated carbocycles. The van der Waals surface area contributed by atoms with E-state index in [1.54, 1.807) is 0 Å². The lowest BCUT2D eigenvalue weighted by atomic mass is 9.94. The molecule has 6 heteroatoms. The van der Waals surface area contributed by atoms with Crippen LogP contribution in [0.15, 0.2) is 30.3 Å². The molecule has 1 aromatic carbocycles. The van der Waals surface area contributed by atoms with Crippen molar-refractivity contribution in [2.45, 2.75) is 64.6 Å². The summed E-state index contributed by atoms with van der Waals surface area (Å²) in [5.41, 5.74) is 1.07. The van der Waals surface area contributed by atoms with Crippen LogP contribution >= 0.6 is 0 Å². The predicted octanol–water partition coefficient (Wildman–Crippen LogP) is 2.82. The van der Waals surface area contributed by atoms with Crippen LogP contribution < -0.4 is 5.32 Å². The zero-order chi connectivity index (χ0) is 21.3. The van der Waals surface area contributed by atoms with E-state index in [-0.39, 0.29) is 30.5 Å². The molecule has 0 aromatic heterocycles. The Morgan fingerprint density at radius 2 is 1.77 bits per heavy atom. The third kappa shape index (κ3) is 6.29. The average molecular weight is 416 g/mol. The van der Waals surface area contributed by atoms with Gasteiger partial charge >= 0.3 is 0 Å². The zero-order valence-electron chi connectivity index (χ0n) is 18.5. The number of hydrogen-bond acceptors (Lipinski definition) is 4. The second kappa shape index (κ2) is 11.5. The van der Waals surface area contributed by atoms with Gasteiger partial charge in [-0.3, -0.25) is 14.5 Å². The molecule has 0 radical (unpaired) electrons. The maximum atomic E-state index is 13.0. The van der Waals surface area contributed by atoms with Gasteiger partial charge in [-0.1, -0.05) is 50.1 Å². The summed E-state index contributed by atoms with van der Waals surface area (Å²) in [6.45, 7) is 7.54. The lowest BCUT2D eigenvalue weighted by molar-refractivity contribution is -0.140. The van der Waals surface area contributed by atoms with E-state index < -0.39 is 0 Å². The smallest absolute Gasteiger partial charge is 0.248 e. The predicted molar refractivity (Wildman–Crippen MR) is 118 cm³/mol. The van der Waals surface area contributed by atoms with Crippen molar-refractivity contribution in [2.75, 3.05) is 32.8 Å². The van der Waals surface area contributed by atoms with Gasteiger partial charge in [-0.05, 0) is 37.7 Å². The molecule has 1 saturated heterocycles. The van der Waals surface area contributed by atoms with Crippen molar-refractivity contribution in [3.05, 3.63) is 35.9 Å². The summed E-state index contributed by atoms with van der Waals surface area (Å²) in [7, 11) is 0. The summed E-state index contributed by atoms with van der Waals surface area (Å²) in [5, 5.41) is 3.20. The fourth-order valence-corrected chi connectivity index (χ4v) is 4.55. The molecule has 2 atom stereocenters. The van der Waals surface area contributed by atoms with Crippen LogP contribution in [0, 0.1) is 5.92 Å². The molecule has 2 amide bonds. The van der Waals surface area contributed by atoms with Crippen molar-refractivity contribution < 1.29 is 14.3 Å². The van der Waals surface area contributed by atoms with Gasteiger partial charge in [0.05, 0.1) is 12.6 Å². The van der Waals surface area contributed by atoms with Crippen molar-refractivity contribution in [1.29, 1.82) is 0 Å². The lowest BCUT2D eigenvalue weighted by Gasteiger charge is -2.41. The van der Waals surface area contributed by atoms with E-state index in [2.05, 4.69) is 24.1 Å². The summed E-state index contributed by atoms with van der Waals surface area (Å²) in [6, 6.07) is 10.0. The summed E-state index contributed by atoms with van der Waals surface area (Å²) >= 11 is 0. The fourth-order valence-electron chi connectivity index (χ4n) is 4.55. The molecule has 30 heavy (non-hydrogen) atoms. The Balaban J connectivity index is 1.48. The molecule has 2 fully saturated rings. The monoisotopic (exact) mass is 415 g/mol. The minimum atomic E-state index is -0.0620. The van der Waals surface area contributed by atoms with Gasteiger partial charge in [0.2, 0.25) is 11.8 Å². The van der Waals surface area contributed by atoms with Crippen molar-refractivity contribution in [3.8, 4) is 0 Å². The van der Waals surface area contributed by atoms with E-state index in [9.17, 15) is 9.59 Å². The Labute approximate surface area is 180 Å². The molecule has 0 spiro atoms. The zero-order valence-corrected chi connectivity index (χ0v) is 18.5. The van der Waals surface area contributed by atoms with Crippen LogP contribution in [-0.2, 0) is 20.9 Å². The largest absolute Gasteiger partial charge is 0.367 e. The second-order valence-corrected chi connectivity index (χ2v) is 8.70. The van der Waals surface area contributed by atoms with Crippen LogP contribution in [0.4, 0.5) is 0 Å². The molecule has 0 bridgehead atoms. The first-order valence-electron chi connectivity index (χ1n) is 11.5. The number of piperazine rings is 1. The lowest BCUT2D eigenvalue weighted by Crippen LogP contribution is -2.59. The maximum absolute atomic E-state index is 13.0. The molecule has 2 aliphatic rings. The average Bonchev–Trinajstić information content (AvgIpc) is 3.29. The van der Waals surface area contributed by atoms with Crippen LogP contribution in [0.1, 0.15) is 51.5 Å². The van der Waals surface area contributed by atoms with Crippen LogP contribution in [0.5, 0.6) is 0 Å². The van der Waals surface area contributed by atoms with E-state index in [1.807, 2.05) is 35.2 Å². The third-order valence-corrected chi connectivity index (χ3v) is 6.51. The van der Waals surface area contributed by atoms with E-state index in [4.69, 9.17) is 4.74 Å². The molecule has 166 valence electrons. The number of nitrogens with zero attached hydrogens (tertiary/aromatic N) is 2. The number of carbonyl (C=O) groups excluding carboxylic acids is 2. The number of benzene rings is 1. The number of amides is 2. The highest BCUT2D eigenvalue weighted by Crippen LogP contribution is 2.31. The number of nitrogens with one attached hydrogen (secondary N) is 1. The maximum Gasteiger partial charge on any atom is 0.248 e. The Bertz CT molecular complexity index is 668. The molecule has 6 nitrogen and oxygen atoms in total. The van der Waals surface area contributed by atoms with Crippen molar-refractivity contribution in [2.24, 2.45) is 5.92 Å². The van der Waals surface area contributed by atoms with Gasteiger partial charge < -0.3 is 15.0 Å². The van der Waals surface area contributed by atoms with E-state index >= 15 is 0 Å². The second-order valence-electron chi connectivity index (χ2n) is 8.70. The van der Waals surface area contributed by atoms with Gasteiger partial charge in [0.1, 0.15) is 6.61 Å². The van der Waals surface area contributed by atoms with E-state index in [1.165, 1.54) is 12.8 Å². The highest BCUT2D eigenvalue weighted by Gasteiger charge is 2.37. The van der Waals surface area contributed by atoms with Gasteiger partial charge in [0, 0.05) is 32.2 Å². The molecule has 1 heterocycles. The quantitative estimate of drug-likeness (QED) is 0.674. The molecule has 1 N–H and O–H groups in total. The van der Waals surface area contributed by atoms with Crippen molar-refractivity contribution in [3.63, 3.8) is 0 Å². The first-order chi connectivity index (χ1) is 14.6. The molecule has 1 aliphatic carbocycles. The van der Waals surface area contributed by atoms with Gasteiger partial charge in [-0.2, -0.15) is 0 Å². The van der Waals surface area contributed by atoms with E-state index in [0.717, 1.165) is 37.9 Å².